The highest BCUT2D eigenvalue weighted by Gasteiger charge is 2.29. The molecule has 0 aliphatic heterocycles. The van der Waals surface area contributed by atoms with Crippen LogP contribution in [0.25, 0.3) is 0 Å². The molecule has 0 aromatic heterocycles. The third-order valence-corrected chi connectivity index (χ3v) is 4.65. The predicted molar refractivity (Wildman–Crippen MR) is 112 cm³/mol. The number of aliphatic carboxylic acids is 1. The van der Waals surface area contributed by atoms with Gasteiger partial charge in [-0.25, -0.2) is 0 Å². The minimum absolute atomic E-state index is 0.193. The van der Waals surface area contributed by atoms with E-state index in [9.17, 15) is 24.0 Å². The Balaban J connectivity index is 5.19. The number of carbonyl (C=O) groups excluding carboxylic acids is 4. The zero-order valence-electron chi connectivity index (χ0n) is 17.0. The van der Waals surface area contributed by atoms with Gasteiger partial charge in [-0.2, -0.15) is 11.8 Å². The fraction of sp³-hybridized carbons (Fsp3) is 0.706. The van der Waals surface area contributed by atoms with Crippen LogP contribution in [0.1, 0.15) is 32.1 Å². The van der Waals surface area contributed by atoms with Gasteiger partial charge in [0.15, 0.2) is 0 Å². The van der Waals surface area contributed by atoms with Crippen LogP contribution in [0.2, 0.25) is 0 Å². The molecule has 0 aliphatic rings. The average molecular weight is 449 g/mol. The molecule has 10 N–H and O–H groups in total. The molecule has 0 saturated heterocycles. The maximum absolute atomic E-state index is 12.6. The number of unbranched alkanes of at least 4 members (excludes halogenated alkanes) is 1. The Morgan fingerprint density at radius 3 is 2.13 bits per heavy atom. The van der Waals surface area contributed by atoms with Crippen molar-refractivity contribution in [3.63, 3.8) is 0 Å². The zero-order valence-corrected chi connectivity index (χ0v) is 17.8. The van der Waals surface area contributed by atoms with E-state index in [2.05, 4.69) is 16.0 Å². The first-order valence-electron chi connectivity index (χ1n) is 9.45. The number of primary amides is 1. The van der Waals surface area contributed by atoms with Gasteiger partial charge in [0.2, 0.25) is 23.6 Å². The fourth-order valence-electron chi connectivity index (χ4n) is 2.38. The molecule has 4 amide bonds. The van der Waals surface area contributed by atoms with Gasteiger partial charge in [0.25, 0.3) is 0 Å². The summed E-state index contributed by atoms with van der Waals surface area (Å²) in [5, 5.41) is 15.7. The normalized spacial score (nSPS) is 13.6. The largest absolute Gasteiger partial charge is 0.480 e. The van der Waals surface area contributed by atoms with E-state index in [0.29, 0.717) is 31.6 Å². The van der Waals surface area contributed by atoms with E-state index in [1.165, 1.54) is 11.8 Å². The summed E-state index contributed by atoms with van der Waals surface area (Å²) in [6.45, 7) is -0.237. The molecule has 12 nitrogen and oxygen atoms in total. The lowest BCUT2D eigenvalue weighted by atomic mass is 10.1. The second kappa shape index (κ2) is 15.5. The highest BCUT2D eigenvalue weighted by molar-refractivity contribution is 7.98. The molecule has 0 spiro atoms. The van der Waals surface area contributed by atoms with Crippen LogP contribution in [0.4, 0.5) is 0 Å². The third-order valence-electron chi connectivity index (χ3n) is 4.00. The van der Waals surface area contributed by atoms with Crippen molar-refractivity contribution in [3.05, 3.63) is 0 Å². The van der Waals surface area contributed by atoms with E-state index < -0.39 is 60.7 Å². The van der Waals surface area contributed by atoms with Crippen molar-refractivity contribution in [1.82, 2.24) is 16.0 Å². The zero-order chi connectivity index (χ0) is 23.1. The van der Waals surface area contributed by atoms with Crippen LogP contribution in [0.3, 0.4) is 0 Å². The number of nitrogens with two attached hydrogens (primary N) is 3. The summed E-state index contributed by atoms with van der Waals surface area (Å²) in [5.41, 5.74) is 16.4. The Labute approximate surface area is 179 Å². The van der Waals surface area contributed by atoms with Gasteiger partial charge in [-0.15, -0.1) is 0 Å². The molecule has 30 heavy (non-hydrogen) atoms. The Morgan fingerprint density at radius 1 is 0.967 bits per heavy atom. The van der Waals surface area contributed by atoms with Gasteiger partial charge in [0.05, 0.1) is 12.5 Å². The van der Waals surface area contributed by atoms with Crippen LogP contribution in [-0.4, -0.2) is 77.9 Å². The Morgan fingerprint density at radius 2 is 1.60 bits per heavy atom. The molecular formula is C17H32N6O6S. The first-order chi connectivity index (χ1) is 14.1. The molecule has 0 fully saturated rings. The lowest BCUT2D eigenvalue weighted by Crippen LogP contribution is -2.56. The van der Waals surface area contributed by atoms with Crippen LogP contribution in [0.15, 0.2) is 0 Å². The number of amides is 4. The summed E-state index contributed by atoms with van der Waals surface area (Å²) in [6, 6.07) is -3.26. The number of nitrogens with one attached hydrogen (secondary N) is 3. The maximum atomic E-state index is 12.6. The quantitative estimate of drug-likeness (QED) is 0.121. The first-order valence-corrected chi connectivity index (χ1v) is 10.8. The van der Waals surface area contributed by atoms with E-state index in [0.717, 1.165) is 0 Å². The van der Waals surface area contributed by atoms with Crippen molar-refractivity contribution >= 4 is 41.4 Å². The summed E-state index contributed by atoms with van der Waals surface area (Å²) in [4.78, 5) is 59.1. The Bertz CT molecular complexity index is 605. The summed E-state index contributed by atoms with van der Waals surface area (Å²) < 4.78 is 0. The summed E-state index contributed by atoms with van der Waals surface area (Å²) in [5.74, 6) is -3.57. The molecule has 0 bridgehead atoms. The van der Waals surface area contributed by atoms with Crippen molar-refractivity contribution in [2.75, 3.05) is 25.1 Å². The monoisotopic (exact) mass is 448 g/mol. The molecule has 0 saturated carbocycles. The van der Waals surface area contributed by atoms with Gasteiger partial charge in [0, 0.05) is 0 Å². The average Bonchev–Trinajstić information content (AvgIpc) is 2.68. The predicted octanol–water partition coefficient (Wildman–Crippen LogP) is -2.76. The molecular weight excluding hydrogens is 416 g/mol. The van der Waals surface area contributed by atoms with E-state index in [-0.39, 0.29) is 6.42 Å². The van der Waals surface area contributed by atoms with Gasteiger partial charge in [-0.1, -0.05) is 0 Å². The molecule has 3 unspecified atom stereocenters. The number of carbonyl (C=O) groups is 5. The molecule has 0 heterocycles. The highest BCUT2D eigenvalue weighted by Crippen LogP contribution is 2.04. The number of hydrogen-bond acceptors (Lipinski definition) is 8. The van der Waals surface area contributed by atoms with Gasteiger partial charge >= 0.3 is 5.97 Å². The maximum Gasteiger partial charge on any atom is 0.322 e. The van der Waals surface area contributed by atoms with E-state index in [1.54, 1.807) is 0 Å². The Hall–Kier alpha value is -2.38. The highest BCUT2D eigenvalue weighted by atomic mass is 32.2. The van der Waals surface area contributed by atoms with Crippen molar-refractivity contribution < 1.29 is 29.1 Å². The molecule has 13 heteroatoms. The molecule has 172 valence electrons. The van der Waals surface area contributed by atoms with Gasteiger partial charge in [-0.3, -0.25) is 24.0 Å². The van der Waals surface area contributed by atoms with Crippen molar-refractivity contribution in [2.24, 2.45) is 17.2 Å². The molecule has 0 aromatic rings. The Kier molecular flexibility index (Phi) is 14.2. The smallest absolute Gasteiger partial charge is 0.322 e. The van der Waals surface area contributed by atoms with Crippen LogP contribution in [0.5, 0.6) is 0 Å². The number of carboxylic acid groups (broad SMARTS) is 1. The van der Waals surface area contributed by atoms with E-state index in [4.69, 9.17) is 22.3 Å². The van der Waals surface area contributed by atoms with Crippen LogP contribution in [-0.2, 0) is 24.0 Å². The number of rotatable bonds is 16. The van der Waals surface area contributed by atoms with E-state index >= 15 is 0 Å². The van der Waals surface area contributed by atoms with Gasteiger partial charge in [0.1, 0.15) is 18.6 Å². The minimum Gasteiger partial charge on any atom is -0.480 e. The van der Waals surface area contributed by atoms with E-state index in [1.807, 2.05) is 6.26 Å². The fourth-order valence-corrected chi connectivity index (χ4v) is 2.87. The second-order valence-electron chi connectivity index (χ2n) is 6.58. The van der Waals surface area contributed by atoms with Crippen LogP contribution in [0, 0.1) is 0 Å². The summed E-state index contributed by atoms with van der Waals surface area (Å²) in [7, 11) is 0. The summed E-state index contributed by atoms with van der Waals surface area (Å²) in [6.07, 6.45) is 3.02. The third kappa shape index (κ3) is 12.2. The van der Waals surface area contributed by atoms with Gasteiger partial charge < -0.3 is 38.3 Å². The minimum atomic E-state index is -1.32. The summed E-state index contributed by atoms with van der Waals surface area (Å²) >= 11 is 1.50. The van der Waals surface area contributed by atoms with Crippen LogP contribution < -0.4 is 33.2 Å². The van der Waals surface area contributed by atoms with Crippen molar-refractivity contribution in [3.8, 4) is 0 Å². The lowest BCUT2D eigenvalue weighted by Gasteiger charge is -2.23. The SMILES string of the molecule is CSCCC(N)C(=O)NC(CC(N)=O)C(=O)NC(CCCCN)C(=O)NCC(=O)O. The standard InChI is InChI=1S/C17H32N6O6S/c1-30-7-5-10(19)15(27)23-12(8-13(20)24)17(29)22-11(4-2-3-6-18)16(28)21-9-14(25)26/h10-12H,2-9,18-19H2,1H3,(H2,20,24)(H,21,28)(H,22,29)(H,23,27)(H,25,26). The second-order valence-corrected chi connectivity index (χ2v) is 7.56. The van der Waals surface area contributed by atoms with Crippen molar-refractivity contribution in [1.29, 1.82) is 0 Å². The van der Waals surface area contributed by atoms with Gasteiger partial charge in [-0.05, 0) is 44.2 Å². The number of carboxylic acids is 1. The number of hydrogen-bond donors (Lipinski definition) is 7. The molecule has 0 radical (unpaired) electrons. The van der Waals surface area contributed by atoms with Crippen molar-refractivity contribution in [2.45, 2.75) is 50.2 Å². The molecule has 0 aromatic carbocycles. The molecule has 0 rings (SSSR count). The topological polar surface area (TPSA) is 220 Å². The lowest BCUT2D eigenvalue weighted by molar-refractivity contribution is -0.138. The van der Waals surface area contributed by atoms with Crippen LogP contribution >= 0.6 is 11.8 Å². The molecule has 3 atom stereocenters. The molecule has 0 aliphatic carbocycles. The first kappa shape index (κ1) is 27.6. The number of thioether (sulfide) groups is 1.